The molecule has 0 aliphatic heterocycles. The molecule has 0 aliphatic carbocycles. The van der Waals surface area contributed by atoms with Crippen molar-refractivity contribution in [1.82, 2.24) is 10.6 Å². The van der Waals surface area contributed by atoms with Crippen molar-refractivity contribution < 1.29 is 4.74 Å². The third-order valence-electron chi connectivity index (χ3n) is 3.00. The van der Waals surface area contributed by atoms with E-state index in [4.69, 9.17) is 4.74 Å². The summed E-state index contributed by atoms with van der Waals surface area (Å²) in [6.45, 7) is 7.01. The molecule has 1 aromatic rings. The summed E-state index contributed by atoms with van der Waals surface area (Å²) in [7, 11) is 1.73. The van der Waals surface area contributed by atoms with E-state index >= 15 is 0 Å². The lowest BCUT2D eigenvalue weighted by Crippen LogP contribution is -2.24. The molecule has 0 radical (unpaired) electrons. The van der Waals surface area contributed by atoms with Gasteiger partial charge in [-0.15, -0.1) is 0 Å². The van der Waals surface area contributed by atoms with Crippen molar-refractivity contribution in [2.75, 3.05) is 33.4 Å². The van der Waals surface area contributed by atoms with Crippen molar-refractivity contribution in [3.05, 3.63) is 35.4 Å². The highest BCUT2D eigenvalue weighted by atomic mass is 16.5. The summed E-state index contributed by atoms with van der Waals surface area (Å²) in [5.41, 5.74) is 2.87. The van der Waals surface area contributed by atoms with Crippen molar-refractivity contribution in [2.24, 2.45) is 0 Å². The Balaban J connectivity index is 2.07. The lowest BCUT2D eigenvalue weighted by Gasteiger charge is -2.09. The van der Waals surface area contributed by atoms with Crippen LogP contribution in [0.4, 0.5) is 0 Å². The molecule has 0 fully saturated rings. The van der Waals surface area contributed by atoms with Crippen LogP contribution in [0.15, 0.2) is 24.3 Å². The van der Waals surface area contributed by atoms with Gasteiger partial charge in [0.1, 0.15) is 0 Å². The Kier molecular flexibility index (Phi) is 8.47. The first kappa shape index (κ1) is 15.2. The summed E-state index contributed by atoms with van der Waals surface area (Å²) in [6.07, 6.45) is 2.26. The second kappa shape index (κ2) is 10.1. The van der Waals surface area contributed by atoms with Gasteiger partial charge in [0.15, 0.2) is 0 Å². The van der Waals surface area contributed by atoms with E-state index in [0.717, 1.165) is 45.6 Å². The van der Waals surface area contributed by atoms with Crippen molar-refractivity contribution >= 4 is 0 Å². The number of methoxy groups -OCH3 is 1. The van der Waals surface area contributed by atoms with E-state index in [2.05, 4.69) is 41.8 Å². The molecule has 0 aromatic heterocycles. The maximum Gasteiger partial charge on any atom is 0.0587 e. The second-order valence-corrected chi connectivity index (χ2v) is 4.40. The van der Waals surface area contributed by atoms with E-state index in [1.54, 1.807) is 7.11 Å². The number of benzene rings is 1. The molecule has 1 aromatic carbocycles. The molecule has 0 atom stereocenters. The molecule has 0 unspecified atom stereocenters. The monoisotopic (exact) mass is 250 g/mol. The SMILES string of the molecule is CCc1ccccc1CNCCCNCCOC. The number of nitrogens with one attached hydrogen (secondary N) is 2. The summed E-state index contributed by atoms with van der Waals surface area (Å²) in [6, 6.07) is 8.65. The van der Waals surface area contributed by atoms with Crippen molar-refractivity contribution in [1.29, 1.82) is 0 Å². The molecule has 0 spiro atoms. The number of hydrogen-bond acceptors (Lipinski definition) is 3. The molecular formula is C15H26N2O. The Morgan fingerprint density at radius 1 is 1.00 bits per heavy atom. The summed E-state index contributed by atoms with van der Waals surface area (Å²) in [5, 5.41) is 6.84. The van der Waals surface area contributed by atoms with Crippen LogP contribution in [0.5, 0.6) is 0 Å². The zero-order valence-corrected chi connectivity index (χ0v) is 11.7. The van der Waals surface area contributed by atoms with Crippen molar-refractivity contribution in [3.8, 4) is 0 Å². The molecule has 18 heavy (non-hydrogen) atoms. The average Bonchev–Trinajstić information content (AvgIpc) is 2.42. The van der Waals surface area contributed by atoms with Gasteiger partial charge >= 0.3 is 0 Å². The van der Waals surface area contributed by atoms with Crippen LogP contribution in [0.2, 0.25) is 0 Å². The van der Waals surface area contributed by atoms with E-state index in [1.165, 1.54) is 11.1 Å². The van der Waals surface area contributed by atoms with Gasteiger partial charge in [-0.2, -0.15) is 0 Å². The summed E-state index contributed by atoms with van der Waals surface area (Å²) in [4.78, 5) is 0. The van der Waals surface area contributed by atoms with Gasteiger partial charge in [-0.1, -0.05) is 31.2 Å². The first-order valence-electron chi connectivity index (χ1n) is 6.85. The fourth-order valence-electron chi connectivity index (χ4n) is 1.94. The zero-order valence-electron chi connectivity index (χ0n) is 11.7. The van der Waals surface area contributed by atoms with Crippen molar-refractivity contribution in [3.63, 3.8) is 0 Å². The van der Waals surface area contributed by atoms with Crippen LogP contribution in [-0.4, -0.2) is 33.4 Å². The molecule has 102 valence electrons. The fraction of sp³-hybridized carbons (Fsp3) is 0.600. The van der Waals surface area contributed by atoms with Crippen molar-refractivity contribution in [2.45, 2.75) is 26.3 Å². The highest BCUT2D eigenvalue weighted by Crippen LogP contribution is 2.08. The number of aryl methyl sites for hydroxylation is 1. The van der Waals surface area contributed by atoms with Gasteiger partial charge in [0.25, 0.3) is 0 Å². The minimum atomic E-state index is 0.789. The number of rotatable bonds is 10. The first-order chi connectivity index (χ1) is 8.88. The van der Waals surface area contributed by atoms with Crippen LogP contribution in [0.25, 0.3) is 0 Å². The Bertz CT molecular complexity index is 315. The van der Waals surface area contributed by atoms with Crippen LogP contribution in [0.1, 0.15) is 24.5 Å². The Morgan fingerprint density at radius 3 is 2.44 bits per heavy atom. The third-order valence-corrected chi connectivity index (χ3v) is 3.00. The van der Waals surface area contributed by atoms with Gasteiger partial charge in [0, 0.05) is 20.2 Å². The summed E-state index contributed by atoms with van der Waals surface area (Å²) >= 11 is 0. The minimum Gasteiger partial charge on any atom is -0.383 e. The van der Waals surface area contributed by atoms with Gasteiger partial charge in [-0.05, 0) is 37.1 Å². The van der Waals surface area contributed by atoms with Gasteiger partial charge in [0.05, 0.1) is 6.61 Å². The number of hydrogen-bond donors (Lipinski definition) is 2. The molecule has 3 heteroatoms. The minimum absolute atomic E-state index is 0.789. The Labute approximate surface area is 111 Å². The molecule has 0 amide bonds. The van der Waals surface area contributed by atoms with Gasteiger partial charge in [-0.3, -0.25) is 0 Å². The molecule has 3 nitrogen and oxygen atoms in total. The van der Waals surface area contributed by atoms with Crippen LogP contribution >= 0.6 is 0 Å². The maximum atomic E-state index is 4.97. The predicted molar refractivity (Wildman–Crippen MR) is 76.9 cm³/mol. The highest BCUT2D eigenvalue weighted by molar-refractivity contribution is 5.26. The molecule has 0 saturated carbocycles. The molecule has 0 aliphatic rings. The van der Waals surface area contributed by atoms with E-state index < -0.39 is 0 Å². The highest BCUT2D eigenvalue weighted by Gasteiger charge is 1.98. The smallest absolute Gasteiger partial charge is 0.0587 e. The lowest BCUT2D eigenvalue weighted by atomic mass is 10.1. The zero-order chi connectivity index (χ0) is 13.1. The summed E-state index contributed by atoms with van der Waals surface area (Å²) in [5.74, 6) is 0. The molecule has 0 heterocycles. The lowest BCUT2D eigenvalue weighted by molar-refractivity contribution is 0.199. The second-order valence-electron chi connectivity index (χ2n) is 4.40. The third kappa shape index (κ3) is 6.15. The number of ether oxygens (including phenoxy) is 1. The first-order valence-corrected chi connectivity index (χ1v) is 6.85. The van der Waals surface area contributed by atoms with E-state index in [9.17, 15) is 0 Å². The van der Waals surface area contributed by atoms with E-state index in [-0.39, 0.29) is 0 Å². The van der Waals surface area contributed by atoms with Crippen LogP contribution in [0, 0.1) is 0 Å². The van der Waals surface area contributed by atoms with E-state index in [1.807, 2.05) is 0 Å². The average molecular weight is 250 g/mol. The molecule has 0 saturated heterocycles. The fourth-order valence-corrected chi connectivity index (χ4v) is 1.94. The van der Waals surface area contributed by atoms with Crippen LogP contribution in [0.3, 0.4) is 0 Å². The van der Waals surface area contributed by atoms with Gasteiger partial charge in [-0.25, -0.2) is 0 Å². The van der Waals surface area contributed by atoms with Crippen LogP contribution in [-0.2, 0) is 17.7 Å². The largest absolute Gasteiger partial charge is 0.383 e. The molecular weight excluding hydrogens is 224 g/mol. The standard InChI is InChI=1S/C15H26N2O/c1-3-14-7-4-5-8-15(14)13-17-10-6-9-16-11-12-18-2/h4-5,7-8,16-17H,3,6,9-13H2,1-2H3. The van der Waals surface area contributed by atoms with E-state index in [0.29, 0.717) is 0 Å². The normalized spacial score (nSPS) is 10.8. The summed E-state index contributed by atoms with van der Waals surface area (Å²) < 4.78 is 4.97. The Hall–Kier alpha value is -0.900. The molecule has 0 bridgehead atoms. The topological polar surface area (TPSA) is 33.3 Å². The van der Waals surface area contributed by atoms with Crippen LogP contribution < -0.4 is 10.6 Å². The predicted octanol–water partition coefficient (Wildman–Crippen LogP) is 1.96. The maximum absolute atomic E-state index is 4.97. The molecule has 1 rings (SSSR count). The molecule has 2 N–H and O–H groups in total. The Morgan fingerprint density at radius 2 is 1.72 bits per heavy atom. The quantitative estimate of drug-likeness (QED) is 0.623. The van der Waals surface area contributed by atoms with Gasteiger partial charge in [0.2, 0.25) is 0 Å². The van der Waals surface area contributed by atoms with Gasteiger partial charge < -0.3 is 15.4 Å².